The molecular weight excluding hydrogens is 326 g/mol. The molecule has 4 heteroatoms. The third-order valence-electron chi connectivity index (χ3n) is 2.85. The summed E-state index contributed by atoms with van der Waals surface area (Å²) in [6.45, 7) is 2.88. The number of nitrogens with two attached hydrogens (primary N) is 1. The van der Waals surface area contributed by atoms with Crippen molar-refractivity contribution in [2.75, 3.05) is 0 Å². The average Bonchev–Trinajstić information content (AvgIpc) is 2.39. The summed E-state index contributed by atoms with van der Waals surface area (Å²) in [5.74, 6) is 0.779. The summed E-state index contributed by atoms with van der Waals surface area (Å²) in [7, 11) is 0. The van der Waals surface area contributed by atoms with Crippen LogP contribution >= 0.6 is 27.5 Å². The Morgan fingerprint density at radius 2 is 2.00 bits per heavy atom. The van der Waals surface area contributed by atoms with Crippen molar-refractivity contribution in [2.24, 2.45) is 5.73 Å². The summed E-state index contributed by atoms with van der Waals surface area (Å²) >= 11 is 9.67. The fourth-order valence-corrected chi connectivity index (χ4v) is 2.61. The van der Waals surface area contributed by atoms with E-state index in [1.165, 1.54) is 0 Å². The van der Waals surface area contributed by atoms with E-state index in [0.29, 0.717) is 13.2 Å². The lowest BCUT2D eigenvalue weighted by Crippen LogP contribution is -2.03. The molecule has 2 rings (SSSR count). The highest BCUT2D eigenvalue weighted by Gasteiger charge is 2.08. The van der Waals surface area contributed by atoms with Gasteiger partial charge in [0.15, 0.2) is 0 Å². The molecule has 100 valence electrons. The van der Waals surface area contributed by atoms with Crippen LogP contribution in [0.25, 0.3) is 0 Å². The Morgan fingerprint density at radius 3 is 2.68 bits per heavy atom. The van der Waals surface area contributed by atoms with Crippen molar-refractivity contribution in [1.29, 1.82) is 0 Å². The van der Waals surface area contributed by atoms with Crippen LogP contribution in [-0.2, 0) is 13.2 Å². The fourth-order valence-electron chi connectivity index (χ4n) is 1.80. The molecule has 2 aromatic rings. The van der Waals surface area contributed by atoms with Gasteiger partial charge in [-0.15, -0.1) is 0 Å². The Hall–Kier alpha value is -1.03. The molecule has 0 atom stereocenters. The summed E-state index contributed by atoms with van der Waals surface area (Å²) in [5, 5.41) is 0.723. The Kier molecular flexibility index (Phi) is 4.86. The highest BCUT2D eigenvalue weighted by Crippen LogP contribution is 2.30. The van der Waals surface area contributed by atoms with Gasteiger partial charge in [-0.2, -0.15) is 0 Å². The molecule has 2 N–H and O–H groups in total. The number of hydrogen-bond acceptors (Lipinski definition) is 2. The molecule has 0 saturated heterocycles. The summed E-state index contributed by atoms with van der Waals surface area (Å²) in [6, 6.07) is 11.8. The Bertz CT molecular complexity index is 586. The van der Waals surface area contributed by atoms with E-state index in [1.54, 1.807) is 0 Å². The number of halogens is 2. The van der Waals surface area contributed by atoms with Crippen LogP contribution in [0.3, 0.4) is 0 Å². The van der Waals surface area contributed by atoms with Gasteiger partial charge in [0.2, 0.25) is 0 Å². The summed E-state index contributed by atoms with van der Waals surface area (Å²) in [4.78, 5) is 0. The van der Waals surface area contributed by atoms with E-state index in [1.807, 2.05) is 43.3 Å². The molecule has 19 heavy (non-hydrogen) atoms. The second kappa shape index (κ2) is 6.42. The van der Waals surface area contributed by atoms with Crippen LogP contribution in [0.4, 0.5) is 0 Å². The van der Waals surface area contributed by atoms with Crippen molar-refractivity contribution in [3.63, 3.8) is 0 Å². The van der Waals surface area contributed by atoms with E-state index in [2.05, 4.69) is 15.9 Å². The van der Waals surface area contributed by atoms with Crippen molar-refractivity contribution >= 4 is 27.5 Å². The fraction of sp³-hybridized carbons (Fsp3) is 0.200. The van der Waals surface area contributed by atoms with E-state index < -0.39 is 0 Å². The standard InChI is InChI=1S/C15H15BrClNO/c1-10-5-6-12(14(17)7-10)9-19-15-11(8-18)3-2-4-13(15)16/h2-7H,8-9,18H2,1H3. The van der Waals surface area contributed by atoms with Gasteiger partial charge < -0.3 is 10.5 Å². The molecule has 0 bridgehead atoms. The third kappa shape index (κ3) is 3.50. The van der Waals surface area contributed by atoms with Crippen LogP contribution < -0.4 is 10.5 Å². The molecule has 0 aromatic heterocycles. The number of ether oxygens (including phenoxy) is 1. The molecule has 0 saturated carbocycles. The lowest BCUT2D eigenvalue weighted by Gasteiger charge is -2.13. The molecule has 0 amide bonds. The summed E-state index contributed by atoms with van der Waals surface area (Å²) < 4.78 is 6.76. The lowest BCUT2D eigenvalue weighted by atomic mass is 10.1. The molecule has 0 aliphatic heterocycles. The van der Waals surface area contributed by atoms with Crippen LogP contribution in [0.1, 0.15) is 16.7 Å². The summed E-state index contributed by atoms with van der Waals surface area (Å²) in [6.07, 6.45) is 0. The van der Waals surface area contributed by atoms with Gasteiger partial charge in [0.25, 0.3) is 0 Å². The maximum absolute atomic E-state index is 6.19. The van der Waals surface area contributed by atoms with Crippen LogP contribution in [0.5, 0.6) is 5.75 Å². The quantitative estimate of drug-likeness (QED) is 0.892. The number of hydrogen-bond donors (Lipinski definition) is 1. The van der Waals surface area contributed by atoms with Crippen LogP contribution in [-0.4, -0.2) is 0 Å². The number of aryl methyl sites for hydroxylation is 1. The van der Waals surface area contributed by atoms with Gasteiger partial charge in [0, 0.05) is 22.7 Å². The molecular formula is C15H15BrClNO. The zero-order valence-electron chi connectivity index (χ0n) is 10.6. The predicted octanol–water partition coefficient (Wildman–Crippen LogP) is 4.45. The van der Waals surface area contributed by atoms with Gasteiger partial charge in [-0.3, -0.25) is 0 Å². The Labute approximate surface area is 126 Å². The smallest absolute Gasteiger partial charge is 0.138 e. The van der Waals surface area contributed by atoms with E-state index in [-0.39, 0.29) is 0 Å². The minimum Gasteiger partial charge on any atom is -0.487 e. The summed E-state index contributed by atoms with van der Waals surface area (Å²) in [5.41, 5.74) is 8.78. The highest BCUT2D eigenvalue weighted by atomic mass is 79.9. The molecule has 0 radical (unpaired) electrons. The first-order valence-corrected chi connectivity index (χ1v) is 7.14. The molecule has 0 aliphatic rings. The second-order valence-electron chi connectivity index (χ2n) is 4.32. The third-order valence-corrected chi connectivity index (χ3v) is 3.83. The molecule has 0 heterocycles. The first-order chi connectivity index (χ1) is 9.11. The number of rotatable bonds is 4. The molecule has 0 unspecified atom stereocenters. The zero-order chi connectivity index (χ0) is 13.8. The van der Waals surface area contributed by atoms with Crippen molar-refractivity contribution in [3.05, 3.63) is 62.6 Å². The minimum atomic E-state index is 0.425. The van der Waals surface area contributed by atoms with Gasteiger partial charge in [-0.25, -0.2) is 0 Å². The van der Waals surface area contributed by atoms with Gasteiger partial charge >= 0.3 is 0 Å². The largest absolute Gasteiger partial charge is 0.487 e. The first kappa shape index (κ1) is 14.4. The van der Waals surface area contributed by atoms with Gasteiger partial charge in [-0.1, -0.05) is 35.9 Å². The molecule has 2 nitrogen and oxygen atoms in total. The zero-order valence-corrected chi connectivity index (χ0v) is 13.0. The van der Waals surface area contributed by atoms with Gasteiger partial charge in [0.1, 0.15) is 12.4 Å². The van der Waals surface area contributed by atoms with Crippen LogP contribution in [0.15, 0.2) is 40.9 Å². The normalized spacial score (nSPS) is 10.5. The molecule has 0 aliphatic carbocycles. The van der Waals surface area contributed by atoms with Gasteiger partial charge in [0.05, 0.1) is 4.47 Å². The SMILES string of the molecule is Cc1ccc(COc2c(Br)cccc2CN)c(Cl)c1. The van der Waals surface area contributed by atoms with Crippen molar-refractivity contribution < 1.29 is 4.74 Å². The second-order valence-corrected chi connectivity index (χ2v) is 5.58. The van der Waals surface area contributed by atoms with Crippen molar-refractivity contribution in [1.82, 2.24) is 0 Å². The minimum absolute atomic E-state index is 0.425. The number of para-hydroxylation sites is 1. The highest BCUT2D eigenvalue weighted by molar-refractivity contribution is 9.10. The maximum atomic E-state index is 6.19. The van der Waals surface area contributed by atoms with E-state index in [9.17, 15) is 0 Å². The Morgan fingerprint density at radius 1 is 1.21 bits per heavy atom. The van der Waals surface area contributed by atoms with Crippen molar-refractivity contribution in [3.8, 4) is 5.75 Å². The van der Waals surface area contributed by atoms with Crippen molar-refractivity contribution in [2.45, 2.75) is 20.1 Å². The average molecular weight is 341 g/mol. The maximum Gasteiger partial charge on any atom is 0.138 e. The monoisotopic (exact) mass is 339 g/mol. The number of benzene rings is 2. The van der Waals surface area contributed by atoms with Gasteiger partial charge in [-0.05, 0) is 40.5 Å². The topological polar surface area (TPSA) is 35.2 Å². The molecule has 0 spiro atoms. The lowest BCUT2D eigenvalue weighted by molar-refractivity contribution is 0.301. The predicted molar refractivity (Wildman–Crippen MR) is 82.6 cm³/mol. The van der Waals surface area contributed by atoms with E-state index in [0.717, 1.165) is 31.9 Å². The van der Waals surface area contributed by atoms with Crippen LogP contribution in [0, 0.1) is 6.92 Å². The molecule has 0 fully saturated rings. The first-order valence-electron chi connectivity index (χ1n) is 5.97. The molecule has 2 aromatic carbocycles. The Balaban J connectivity index is 2.19. The van der Waals surface area contributed by atoms with Crippen LogP contribution in [0.2, 0.25) is 5.02 Å². The van der Waals surface area contributed by atoms with E-state index in [4.69, 9.17) is 22.1 Å². The van der Waals surface area contributed by atoms with E-state index >= 15 is 0 Å².